The van der Waals surface area contributed by atoms with E-state index in [4.69, 9.17) is 9.47 Å². The molecule has 0 atom stereocenters. The van der Waals surface area contributed by atoms with Crippen LogP contribution in [-0.2, 0) is 19.1 Å². The van der Waals surface area contributed by atoms with Gasteiger partial charge in [0.2, 0.25) is 0 Å². The molecule has 4 fully saturated rings. The maximum absolute atomic E-state index is 13.5. The van der Waals surface area contributed by atoms with Crippen LogP contribution in [0.15, 0.2) is 0 Å². The molecule has 4 rings (SSSR count). The highest BCUT2D eigenvalue weighted by molar-refractivity contribution is 5.98. The van der Waals surface area contributed by atoms with Gasteiger partial charge >= 0.3 is 0 Å². The number of aliphatic carboxylic acids is 2. The van der Waals surface area contributed by atoms with Crippen molar-refractivity contribution in [2.75, 3.05) is 6.61 Å². The van der Waals surface area contributed by atoms with Gasteiger partial charge in [-0.25, -0.2) is 0 Å². The molecular weight excluding hydrogens is 544 g/mol. The van der Waals surface area contributed by atoms with Crippen molar-refractivity contribution in [1.82, 2.24) is 10.6 Å². The number of hydrogen-bond acceptors (Lipinski definition) is 8. The molecule has 0 aromatic rings. The summed E-state index contributed by atoms with van der Waals surface area (Å²) in [6.45, 7) is 16.5. The standard InChI is InChI=1S/C35H62N2O6/c1-29(2)20-25(21-30(3,4)36-29)35(26-22-31(5,6)37-32(7,8)23-26)34(27(38)39,28(40)41)24-42-33(43-35)18-16-14-12-10-9-11-13-15-17-19-33/h25-26,36-37H,9-24H2,1-8H3,(H,38,39)(H,40,41)/p-2. The Balaban J connectivity index is 1.96. The fraction of sp³-hybridized carbons (Fsp3) is 0.943. The Labute approximate surface area is 260 Å². The van der Waals surface area contributed by atoms with Crippen LogP contribution in [0.3, 0.4) is 0 Å². The van der Waals surface area contributed by atoms with E-state index in [1.54, 1.807) is 0 Å². The van der Waals surface area contributed by atoms with Gasteiger partial charge in [0.15, 0.2) is 5.79 Å². The van der Waals surface area contributed by atoms with Gasteiger partial charge in [-0.05, 0) is 106 Å². The van der Waals surface area contributed by atoms with Crippen LogP contribution in [0, 0.1) is 17.3 Å². The van der Waals surface area contributed by atoms with Gasteiger partial charge in [0.25, 0.3) is 0 Å². The maximum Gasteiger partial charge on any atom is 0.169 e. The van der Waals surface area contributed by atoms with Crippen molar-refractivity contribution in [2.45, 2.75) is 185 Å². The second-order valence-corrected chi connectivity index (χ2v) is 17.3. The first kappa shape index (κ1) is 34.6. The van der Waals surface area contributed by atoms with Crippen LogP contribution in [0.25, 0.3) is 0 Å². The van der Waals surface area contributed by atoms with Crippen LogP contribution >= 0.6 is 0 Å². The lowest BCUT2D eigenvalue weighted by Gasteiger charge is -2.68. The SMILES string of the molecule is CC1(C)CC(C2(C3CC(C)(C)NC(C)(C)C3)OC3(CCCCCCCCCCC3)OCC2(C(=O)[O-])C(=O)[O-])CC(C)(C)N1. The molecule has 0 amide bonds. The second kappa shape index (κ2) is 12.2. The van der Waals surface area contributed by atoms with Crippen molar-refractivity contribution in [3.8, 4) is 0 Å². The van der Waals surface area contributed by atoms with Crippen molar-refractivity contribution in [3.63, 3.8) is 0 Å². The molecule has 8 nitrogen and oxygen atoms in total. The van der Waals surface area contributed by atoms with E-state index in [0.29, 0.717) is 38.5 Å². The van der Waals surface area contributed by atoms with Gasteiger partial charge in [0.1, 0.15) is 5.41 Å². The molecule has 3 heterocycles. The number of piperidine rings is 2. The first-order chi connectivity index (χ1) is 19.8. The number of carbonyl (C=O) groups excluding carboxylic acids is 2. The molecule has 0 radical (unpaired) electrons. The van der Waals surface area contributed by atoms with Gasteiger partial charge in [-0.3, -0.25) is 0 Å². The van der Waals surface area contributed by atoms with E-state index in [0.717, 1.165) is 38.5 Å². The van der Waals surface area contributed by atoms with Gasteiger partial charge in [-0.1, -0.05) is 44.9 Å². The molecule has 8 heteroatoms. The highest BCUT2D eigenvalue weighted by Crippen LogP contribution is 2.61. The zero-order valence-corrected chi connectivity index (χ0v) is 28.4. The van der Waals surface area contributed by atoms with E-state index >= 15 is 0 Å². The van der Waals surface area contributed by atoms with Gasteiger partial charge in [-0.15, -0.1) is 0 Å². The third-order valence-electron chi connectivity index (χ3n) is 11.0. The summed E-state index contributed by atoms with van der Waals surface area (Å²) < 4.78 is 14.0. The maximum atomic E-state index is 13.5. The summed E-state index contributed by atoms with van der Waals surface area (Å²) in [7, 11) is 0. The van der Waals surface area contributed by atoms with E-state index in [1.807, 2.05) is 0 Å². The molecule has 1 aliphatic carbocycles. The van der Waals surface area contributed by atoms with Gasteiger partial charge < -0.3 is 39.9 Å². The molecule has 0 unspecified atom stereocenters. The Kier molecular flexibility index (Phi) is 9.82. The Bertz CT molecular complexity index is 922. The molecule has 4 aliphatic rings. The second-order valence-electron chi connectivity index (χ2n) is 17.3. The minimum absolute atomic E-state index is 0.373. The molecule has 248 valence electrons. The lowest BCUT2D eigenvalue weighted by atomic mass is 9.50. The summed E-state index contributed by atoms with van der Waals surface area (Å²) in [5.41, 5.74) is -5.53. The summed E-state index contributed by atoms with van der Waals surface area (Å²) in [5, 5.41) is 34.5. The Hall–Kier alpha value is -1.22. The molecule has 3 saturated heterocycles. The highest BCUT2D eigenvalue weighted by Gasteiger charge is 2.70. The van der Waals surface area contributed by atoms with Gasteiger partial charge in [-0.2, -0.15) is 0 Å². The van der Waals surface area contributed by atoms with Crippen LogP contribution in [0.1, 0.15) is 152 Å². The molecule has 3 aliphatic heterocycles. The number of carbonyl (C=O) groups is 2. The van der Waals surface area contributed by atoms with Crippen molar-refractivity contribution in [2.24, 2.45) is 17.3 Å². The normalized spacial score (nSPS) is 30.9. The predicted octanol–water partition coefficient (Wildman–Crippen LogP) is 4.37. The van der Waals surface area contributed by atoms with Gasteiger partial charge in [0, 0.05) is 35.0 Å². The fourth-order valence-electron chi connectivity index (χ4n) is 10.1. The molecule has 1 spiro atoms. The van der Waals surface area contributed by atoms with Crippen molar-refractivity contribution >= 4 is 11.9 Å². The average Bonchev–Trinajstić information content (AvgIpc) is 2.82. The minimum Gasteiger partial charge on any atom is -0.549 e. The molecule has 0 aromatic carbocycles. The van der Waals surface area contributed by atoms with Crippen molar-refractivity contribution in [3.05, 3.63) is 0 Å². The number of nitrogens with one attached hydrogen (secondary N) is 2. The zero-order chi connectivity index (χ0) is 32.0. The quantitative estimate of drug-likeness (QED) is 0.454. The topological polar surface area (TPSA) is 123 Å². The minimum atomic E-state index is -2.45. The van der Waals surface area contributed by atoms with Crippen LogP contribution in [0.4, 0.5) is 0 Å². The molecule has 43 heavy (non-hydrogen) atoms. The van der Waals surface area contributed by atoms with Crippen LogP contribution < -0.4 is 20.8 Å². The Morgan fingerprint density at radius 1 is 0.581 bits per heavy atom. The van der Waals surface area contributed by atoms with E-state index in [1.165, 1.54) is 19.3 Å². The Morgan fingerprint density at radius 3 is 1.23 bits per heavy atom. The molecule has 0 aromatic heterocycles. The zero-order valence-electron chi connectivity index (χ0n) is 28.4. The third kappa shape index (κ3) is 7.12. The summed E-state index contributed by atoms with van der Waals surface area (Å²) >= 11 is 0. The Morgan fingerprint density at radius 2 is 0.907 bits per heavy atom. The van der Waals surface area contributed by atoms with E-state index < -0.39 is 35.3 Å². The summed E-state index contributed by atoms with van der Waals surface area (Å²) in [6.07, 6.45) is 13.4. The van der Waals surface area contributed by atoms with Gasteiger partial charge in [0.05, 0.1) is 24.1 Å². The number of carboxylic acid groups (broad SMARTS) is 2. The average molecular weight is 605 g/mol. The summed E-state index contributed by atoms with van der Waals surface area (Å²) in [5.74, 6) is -5.12. The highest BCUT2D eigenvalue weighted by atomic mass is 16.7. The van der Waals surface area contributed by atoms with Crippen molar-refractivity contribution in [1.29, 1.82) is 0 Å². The largest absolute Gasteiger partial charge is 0.549 e. The lowest BCUT2D eigenvalue weighted by Crippen LogP contribution is -2.81. The first-order valence-corrected chi connectivity index (χ1v) is 17.2. The molecule has 2 N–H and O–H groups in total. The monoisotopic (exact) mass is 604 g/mol. The number of carboxylic acids is 2. The van der Waals surface area contributed by atoms with E-state index in [2.05, 4.69) is 66.0 Å². The summed E-state index contributed by atoms with van der Waals surface area (Å²) in [4.78, 5) is 27.0. The van der Waals surface area contributed by atoms with Crippen molar-refractivity contribution < 1.29 is 29.3 Å². The molecule has 1 saturated carbocycles. The van der Waals surface area contributed by atoms with Crippen LogP contribution in [0.5, 0.6) is 0 Å². The number of ether oxygens (including phenoxy) is 2. The lowest BCUT2D eigenvalue weighted by molar-refractivity contribution is -0.431. The fourth-order valence-corrected chi connectivity index (χ4v) is 10.1. The van der Waals surface area contributed by atoms with Crippen LogP contribution in [-0.4, -0.2) is 52.1 Å². The first-order valence-electron chi connectivity index (χ1n) is 17.2. The third-order valence-corrected chi connectivity index (χ3v) is 11.0. The summed E-state index contributed by atoms with van der Waals surface area (Å²) in [6, 6.07) is 0. The number of rotatable bonds is 4. The van der Waals surface area contributed by atoms with E-state index in [-0.39, 0.29) is 34.0 Å². The van der Waals surface area contributed by atoms with Crippen LogP contribution in [0.2, 0.25) is 0 Å². The molecular formula is C35H60N2O6-2. The smallest absolute Gasteiger partial charge is 0.169 e. The van der Waals surface area contributed by atoms with E-state index in [9.17, 15) is 19.8 Å². The number of hydrogen-bond donors (Lipinski definition) is 2. The predicted molar refractivity (Wildman–Crippen MR) is 164 cm³/mol. The molecule has 0 bridgehead atoms.